The summed E-state index contributed by atoms with van der Waals surface area (Å²) < 4.78 is 16.5. The summed E-state index contributed by atoms with van der Waals surface area (Å²) in [6.45, 7) is 1.65. The molecule has 0 aliphatic carbocycles. The number of ether oxygens (including phenoxy) is 2. The van der Waals surface area contributed by atoms with Crippen LogP contribution >= 0.6 is 11.8 Å². The van der Waals surface area contributed by atoms with Crippen LogP contribution in [0.3, 0.4) is 0 Å². The molecule has 9 heteroatoms. The van der Waals surface area contributed by atoms with Crippen LogP contribution in [0.1, 0.15) is 18.2 Å². The van der Waals surface area contributed by atoms with E-state index in [9.17, 15) is 14.7 Å². The molecule has 1 aliphatic heterocycles. The number of hydrogen-bond donors (Lipinski definition) is 1. The summed E-state index contributed by atoms with van der Waals surface area (Å²) in [7, 11) is 1.47. The molecule has 1 fully saturated rings. The minimum atomic E-state index is -1.11. The Morgan fingerprint density at radius 1 is 1.18 bits per heavy atom. The van der Waals surface area contributed by atoms with Gasteiger partial charge in [0.1, 0.15) is 5.76 Å². The number of nitrogens with zero attached hydrogens (tertiary/aromatic N) is 2. The first-order valence-electron chi connectivity index (χ1n) is 10.4. The molecule has 0 spiro atoms. The van der Waals surface area contributed by atoms with Crippen LogP contribution in [0.25, 0.3) is 6.08 Å². The third kappa shape index (κ3) is 5.15. The van der Waals surface area contributed by atoms with Gasteiger partial charge < -0.3 is 19.0 Å². The van der Waals surface area contributed by atoms with E-state index >= 15 is 0 Å². The number of hydrogen-bond acceptors (Lipinski definition) is 7. The zero-order valence-electron chi connectivity index (χ0n) is 18.5. The number of furan rings is 1. The maximum Gasteiger partial charge on any atom is 0.344 e. The third-order valence-corrected chi connectivity index (χ3v) is 5.93. The van der Waals surface area contributed by atoms with Crippen LogP contribution in [0.4, 0.5) is 5.69 Å². The number of amidine groups is 1. The molecule has 1 saturated heterocycles. The van der Waals surface area contributed by atoms with Crippen LogP contribution in [0.2, 0.25) is 0 Å². The van der Waals surface area contributed by atoms with Crippen molar-refractivity contribution in [1.82, 2.24) is 4.90 Å². The minimum Gasteiger partial charge on any atom is -0.493 e. The molecule has 34 heavy (non-hydrogen) atoms. The summed E-state index contributed by atoms with van der Waals surface area (Å²) in [5.41, 5.74) is 1.23. The van der Waals surface area contributed by atoms with Crippen molar-refractivity contribution in [2.75, 3.05) is 7.11 Å². The molecule has 1 amide bonds. The van der Waals surface area contributed by atoms with Gasteiger partial charge in [0.05, 0.1) is 30.5 Å². The average molecular weight is 479 g/mol. The van der Waals surface area contributed by atoms with Crippen molar-refractivity contribution in [2.45, 2.75) is 19.6 Å². The van der Waals surface area contributed by atoms with Gasteiger partial charge in [0.2, 0.25) is 0 Å². The number of carboxylic acids is 1. The number of thioether (sulfide) groups is 1. The molecule has 0 radical (unpaired) electrons. The van der Waals surface area contributed by atoms with Crippen LogP contribution in [0.15, 0.2) is 81.2 Å². The summed E-state index contributed by atoms with van der Waals surface area (Å²) in [5, 5.41) is 9.79. The number of carbonyl (C=O) groups is 2. The predicted octanol–water partition coefficient (Wildman–Crippen LogP) is 4.94. The summed E-state index contributed by atoms with van der Waals surface area (Å²) in [4.78, 5) is 31.3. The first kappa shape index (κ1) is 23.2. The number of aliphatic imine (C=N–C) groups is 1. The molecule has 8 nitrogen and oxygen atoms in total. The Hall–Kier alpha value is -3.98. The molecule has 1 N–H and O–H groups in total. The lowest BCUT2D eigenvalue weighted by Gasteiger charge is -2.16. The van der Waals surface area contributed by atoms with E-state index in [4.69, 9.17) is 13.9 Å². The van der Waals surface area contributed by atoms with Gasteiger partial charge in [-0.05, 0) is 55.1 Å². The summed E-state index contributed by atoms with van der Waals surface area (Å²) in [6.07, 6.45) is 2.10. The van der Waals surface area contributed by atoms with Gasteiger partial charge in [0.15, 0.2) is 22.8 Å². The van der Waals surface area contributed by atoms with Gasteiger partial charge in [-0.1, -0.05) is 30.3 Å². The summed E-state index contributed by atoms with van der Waals surface area (Å²) in [5.74, 6) is -0.138. The topological polar surface area (TPSA) is 102 Å². The van der Waals surface area contributed by atoms with Crippen LogP contribution in [-0.4, -0.2) is 40.3 Å². The molecule has 0 unspecified atom stereocenters. The Morgan fingerprint density at radius 3 is 2.65 bits per heavy atom. The van der Waals surface area contributed by atoms with E-state index in [0.717, 1.165) is 0 Å². The van der Waals surface area contributed by atoms with E-state index in [0.29, 0.717) is 32.8 Å². The molecule has 1 aliphatic rings. The van der Waals surface area contributed by atoms with Gasteiger partial charge >= 0.3 is 5.97 Å². The fraction of sp³-hybridized carbons (Fsp3) is 0.160. The minimum absolute atomic E-state index is 0.222. The van der Waals surface area contributed by atoms with Gasteiger partial charge in [0.25, 0.3) is 5.91 Å². The number of methoxy groups -OCH3 is 1. The standard InChI is InChI=1S/C25H22N2O6S/c1-16(24(29)30)33-22-17(8-6-12-20(22)31-2)14-21-23(28)27(15-19-11-7-13-32-19)25(34-21)26-18-9-4-3-5-10-18/h3-14,16H,15H2,1-2H3,(H,29,30)/b21-14-,26-25?/t16-/m0/s1. The van der Waals surface area contributed by atoms with Crippen LogP contribution in [-0.2, 0) is 16.1 Å². The fourth-order valence-corrected chi connectivity index (χ4v) is 4.19. The largest absolute Gasteiger partial charge is 0.493 e. The monoisotopic (exact) mass is 478 g/mol. The van der Waals surface area contributed by atoms with Crippen molar-refractivity contribution in [3.8, 4) is 11.5 Å². The number of carbonyl (C=O) groups excluding carboxylic acids is 1. The number of carboxylic acid groups (broad SMARTS) is 1. The molecule has 4 rings (SSSR count). The molecule has 1 atom stereocenters. The number of rotatable bonds is 8. The predicted molar refractivity (Wildman–Crippen MR) is 129 cm³/mol. The van der Waals surface area contributed by atoms with Crippen molar-refractivity contribution in [1.29, 1.82) is 0 Å². The number of aliphatic carboxylic acids is 1. The van der Waals surface area contributed by atoms with E-state index in [2.05, 4.69) is 4.99 Å². The maximum absolute atomic E-state index is 13.4. The molecular formula is C25H22N2O6S. The van der Waals surface area contributed by atoms with Crippen LogP contribution in [0.5, 0.6) is 11.5 Å². The Kier molecular flexibility index (Phi) is 7.03. The van der Waals surface area contributed by atoms with Gasteiger partial charge in [-0.3, -0.25) is 9.69 Å². The van der Waals surface area contributed by atoms with Crippen molar-refractivity contribution in [3.05, 3.63) is 83.2 Å². The highest BCUT2D eigenvalue weighted by Gasteiger charge is 2.34. The lowest BCUT2D eigenvalue weighted by atomic mass is 10.1. The molecule has 3 aromatic rings. The highest BCUT2D eigenvalue weighted by Crippen LogP contribution is 2.39. The molecule has 1 aromatic heterocycles. The zero-order chi connectivity index (χ0) is 24.1. The quantitative estimate of drug-likeness (QED) is 0.457. The van der Waals surface area contributed by atoms with Gasteiger partial charge in [-0.25, -0.2) is 9.79 Å². The highest BCUT2D eigenvalue weighted by molar-refractivity contribution is 8.18. The Morgan fingerprint density at radius 2 is 1.97 bits per heavy atom. The van der Waals surface area contributed by atoms with E-state index < -0.39 is 12.1 Å². The van der Waals surface area contributed by atoms with E-state index in [1.165, 1.54) is 25.8 Å². The zero-order valence-corrected chi connectivity index (χ0v) is 19.3. The maximum atomic E-state index is 13.4. The van der Waals surface area contributed by atoms with E-state index in [1.54, 1.807) is 47.6 Å². The number of amides is 1. The molecule has 2 aromatic carbocycles. The molecular weight excluding hydrogens is 456 g/mol. The second-order valence-electron chi connectivity index (χ2n) is 7.29. The first-order chi connectivity index (χ1) is 16.5. The van der Waals surface area contributed by atoms with E-state index in [-0.39, 0.29) is 18.2 Å². The Labute approximate surface area is 200 Å². The SMILES string of the molecule is COc1cccc(/C=C2\SC(=Nc3ccccc3)N(Cc3ccco3)C2=O)c1O[C@@H](C)C(=O)O. The smallest absolute Gasteiger partial charge is 0.344 e. The third-order valence-electron chi connectivity index (χ3n) is 4.92. The Balaban J connectivity index is 1.73. The van der Waals surface area contributed by atoms with Crippen molar-refractivity contribution < 1.29 is 28.6 Å². The van der Waals surface area contributed by atoms with Crippen LogP contribution in [0, 0.1) is 0 Å². The van der Waals surface area contributed by atoms with E-state index in [1.807, 2.05) is 30.3 Å². The first-order valence-corrected chi connectivity index (χ1v) is 11.2. The molecule has 0 bridgehead atoms. The van der Waals surface area contributed by atoms with Crippen molar-refractivity contribution in [2.24, 2.45) is 4.99 Å². The normalized spacial score (nSPS) is 16.8. The van der Waals surface area contributed by atoms with Crippen LogP contribution < -0.4 is 9.47 Å². The lowest BCUT2D eigenvalue weighted by Crippen LogP contribution is -2.28. The van der Waals surface area contributed by atoms with Gasteiger partial charge in [-0.2, -0.15) is 0 Å². The van der Waals surface area contributed by atoms with Crippen molar-refractivity contribution in [3.63, 3.8) is 0 Å². The second kappa shape index (κ2) is 10.3. The molecule has 174 valence electrons. The summed E-state index contributed by atoms with van der Waals surface area (Å²) in [6, 6.07) is 18.0. The van der Waals surface area contributed by atoms with Crippen molar-refractivity contribution >= 4 is 40.6 Å². The lowest BCUT2D eigenvalue weighted by molar-refractivity contribution is -0.144. The second-order valence-corrected chi connectivity index (χ2v) is 8.30. The van der Waals surface area contributed by atoms with Gasteiger partial charge in [0, 0.05) is 5.56 Å². The molecule has 2 heterocycles. The van der Waals surface area contributed by atoms with Gasteiger partial charge in [-0.15, -0.1) is 0 Å². The highest BCUT2D eigenvalue weighted by atomic mass is 32.2. The Bertz CT molecular complexity index is 1240. The molecule has 0 saturated carbocycles. The number of para-hydroxylation sites is 2. The fourth-order valence-electron chi connectivity index (χ4n) is 3.20. The summed E-state index contributed by atoms with van der Waals surface area (Å²) >= 11 is 1.22. The number of benzene rings is 2. The average Bonchev–Trinajstić information content (AvgIpc) is 3.45.